The van der Waals surface area contributed by atoms with E-state index in [1.54, 1.807) is 13.0 Å². The molecule has 0 bridgehead atoms. The third-order valence-electron chi connectivity index (χ3n) is 2.74. The van der Waals surface area contributed by atoms with E-state index in [1.165, 1.54) is 0 Å². The number of aryl methyl sites for hydroxylation is 1. The summed E-state index contributed by atoms with van der Waals surface area (Å²) in [6.45, 7) is 5.64. The van der Waals surface area contributed by atoms with Crippen molar-refractivity contribution in [1.29, 1.82) is 0 Å². The van der Waals surface area contributed by atoms with Crippen LogP contribution in [-0.4, -0.2) is 16.6 Å². The maximum atomic E-state index is 11.8. The minimum absolute atomic E-state index is 0.0481. The van der Waals surface area contributed by atoms with Gasteiger partial charge in [0.1, 0.15) is 0 Å². The lowest BCUT2D eigenvalue weighted by atomic mass is 10.1. The molecular formula is C14H19BrN2O2. The molecule has 2 amide bonds. The van der Waals surface area contributed by atoms with Crippen LogP contribution in [0.4, 0.5) is 11.4 Å². The predicted molar refractivity (Wildman–Crippen MR) is 81.7 cm³/mol. The molecule has 1 aromatic rings. The first kappa shape index (κ1) is 15.7. The third-order valence-corrected chi connectivity index (χ3v) is 3.81. The number of carbonyl (C=O) groups excluding carboxylic acids is 2. The Balaban J connectivity index is 2.85. The van der Waals surface area contributed by atoms with Gasteiger partial charge in [0, 0.05) is 17.8 Å². The molecule has 0 fully saturated rings. The Hall–Kier alpha value is -1.36. The summed E-state index contributed by atoms with van der Waals surface area (Å²) in [7, 11) is 0. The monoisotopic (exact) mass is 326 g/mol. The van der Waals surface area contributed by atoms with E-state index in [0.29, 0.717) is 12.1 Å². The lowest BCUT2D eigenvalue weighted by Crippen LogP contribution is -2.22. The maximum Gasteiger partial charge on any atom is 0.238 e. The van der Waals surface area contributed by atoms with Gasteiger partial charge in [0.2, 0.25) is 11.8 Å². The number of nitrogens with one attached hydrogen (secondary N) is 2. The zero-order chi connectivity index (χ0) is 14.4. The molecule has 0 saturated heterocycles. The molecule has 1 unspecified atom stereocenters. The van der Waals surface area contributed by atoms with Gasteiger partial charge in [-0.25, -0.2) is 0 Å². The molecule has 0 heterocycles. The van der Waals surface area contributed by atoms with Crippen LogP contribution in [0.15, 0.2) is 18.2 Å². The fourth-order valence-corrected chi connectivity index (χ4v) is 1.59. The molecule has 19 heavy (non-hydrogen) atoms. The predicted octanol–water partition coefficient (Wildman–Crippen LogP) is 3.46. The van der Waals surface area contributed by atoms with E-state index in [1.807, 2.05) is 26.0 Å². The summed E-state index contributed by atoms with van der Waals surface area (Å²) in [5.41, 5.74) is 2.37. The molecule has 0 radical (unpaired) electrons. The first-order chi connectivity index (χ1) is 8.97. The standard InChI is InChI=1S/C14H19BrN2O2/c1-4-11(15)14(19)17-12-8-10(7-6-9(12)3)16-13(18)5-2/h6-8,11H,4-5H2,1-3H3,(H,16,18)(H,17,19). The van der Waals surface area contributed by atoms with Crippen LogP contribution >= 0.6 is 15.9 Å². The normalized spacial score (nSPS) is 11.8. The van der Waals surface area contributed by atoms with Gasteiger partial charge < -0.3 is 10.6 Å². The van der Waals surface area contributed by atoms with Gasteiger partial charge in [-0.05, 0) is 31.0 Å². The Morgan fingerprint density at radius 1 is 1.26 bits per heavy atom. The molecule has 0 saturated carbocycles. The second-order valence-corrected chi connectivity index (χ2v) is 5.40. The number of halogens is 1. The van der Waals surface area contributed by atoms with Crippen LogP contribution in [0.1, 0.15) is 32.3 Å². The zero-order valence-corrected chi connectivity index (χ0v) is 13.0. The molecule has 4 nitrogen and oxygen atoms in total. The molecule has 0 aliphatic rings. The third kappa shape index (κ3) is 4.67. The molecule has 1 rings (SSSR count). The van der Waals surface area contributed by atoms with E-state index >= 15 is 0 Å². The number of benzene rings is 1. The molecule has 0 aliphatic heterocycles. The lowest BCUT2D eigenvalue weighted by Gasteiger charge is -2.13. The van der Waals surface area contributed by atoms with E-state index < -0.39 is 0 Å². The second-order valence-electron chi connectivity index (χ2n) is 4.30. The van der Waals surface area contributed by atoms with Crippen LogP contribution in [0.25, 0.3) is 0 Å². The SMILES string of the molecule is CCC(=O)Nc1ccc(C)c(NC(=O)C(Br)CC)c1. The van der Waals surface area contributed by atoms with Gasteiger partial charge in [-0.15, -0.1) is 0 Å². The van der Waals surface area contributed by atoms with Crippen molar-refractivity contribution in [3.8, 4) is 0 Å². The Morgan fingerprint density at radius 3 is 2.53 bits per heavy atom. The van der Waals surface area contributed by atoms with Crippen molar-refractivity contribution in [2.45, 2.75) is 38.4 Å². The van der Waals surface area contributed by atoms with Crippen molar-refractivity contribution in [3.63, 3.8) is 0 Å². The van der Waals surface area contributed by atoms with Gasteiger partial charge in [-0.2, -0.15) is 0 Å². The zero-order valence-electron chi connectivity index (χ0n) is 11.4. The van der Waals surface area contributed by atoms with Crippen molar-refractivity contribution in [2.75, 3.05) is 10.6 Å². The van der Waals surface area contributed by atoms with Gasteiger partial charge in [-0.1, -0.05) is 35.8 Å². The molecule has 0 aliphatic carbocycles. The fraction of sp³-hybridized carbons (Fsp3) is 0.429. The summed E-state index contributed by atoms with van der Waals surface area (Å²) in [6.07, 6.45) is 1.14. The summed E-state index contributed by atoms with van der Waals surface area (Å²) in [5, 5.41) is 5.63. The van der Waals surface area contributed by atoms with Crippen molar-refractivity contribution < 1.29 is 9.59 Å². The van der Waals surface area contributed by atoms with Crippen molar-refractivity contribution in [1.82, 2.24) is 0 Å². The highest BCUT2D eigenvalue weighted by Gasteiger charge is 2.13. The minimum atomic E-state index is -0.208. The first-order valence-corrected chi connectivity index (χ1v) is 7.24. The Kier molecular flexibility index (Phi) is 6.02. The van der Waals surface area contributed by atoms with E-state index in [0.717, 1.165) is 17.7 Å². The van der Waals surface area contributed by atoms with Crippen LogP contribution in [-0.2, 0) is 9.59 Å². The smallest absolute Gasteiger partial charge is 0.238 e. The highest BCUT2D eigenvalue weighted by molar-refractivity contribution is 9.10. The van der Waals surface area contributed by atoms with Crippen molar-refractivity contribution >= 4 is 39.1 Å². The van der Waals surface area contributed by atoms with Gasteiger partial charge >= 0.3 is 0 Å². The van der Waals surface area contributed by atoms with E-state index in [2.05, 4.69) is 26.6 Å². The minimum Gasteiger partial charge on any atom is -0.326 e. The van der Waals surface area contributed by atoms with E-state index in [-0.39, 0.29) is 16.6 Å². The summed E-state index contributed by atoms with van der Waals surface area (Å²) < 4.78 is 0. The molecular weight excluding hydrogens is 308 g/mol. The first-order valence-electron chi connectivity index (χ1n) is 6.33. The molecule has 1 atom stereocenters. The number of anilines is 2. The number of hydrogen-bond acceptors (Lipinski definition) is 2. The Morgan fingerprint density at radius 2 is 1.95 bits per heavy atom. The van der Waals surface area contributed by atoms with E-state index in [4.69, 9.17) is 0 Å². The molecule has 5 heteroatoms. The molecule has 0 spiro atoms. The number of amides is 2. The number of alkyl halides is 1. The van der Waals surface area contributed by atoms with Crippen LogP contribution in [0.2, 0.25) is 0 Å². The van der Waals surface area contributed by atoms with Gasteiger partial charge in [0.25, 0.3) is 0 Å². The molecule has 0 aromatic heterocycles. The van der Waals surface area contributed by atoms with Crippen LogP contribution in [0.5, 0.6) is 0 Å². The van der Waals surface area contributed by atoms with Crippen molar-refractivity contribution in [2.24, 2.45) is 0 Å². The van der Waals surface area contributed by atoms with Gasteiger partial charge in [0.15, 0.2) is 0 Å². The summed E-state index contributed by atoms with van der Waals surface area (Å²) in [5.74, 6) is -0.127. The highest BCUT2D eigenvalue weighted by Crippen LogP contribution is 2.21. The molecule has 104 valence electrons. The topological polar surface area (TPSA) is 58.2 Å². The average Bonchev–Trinajstić information content (AvgIpc) is 2.41. The Bertz CT molecular complexity index is 475. The van der Waals surface area contributed by atoms with Crippen LogP contribution in [0, 0.1) is 6.92 Å². The lowest BCUT2D eigenvalue weighted by molar-refractivity contribution is -0.116. The summed E-state index contributed by atoms with van der Waals surface area (Å²) in [4.78, 5) is 23.0. The van der Waals surface area contributed by atoms with Gasteiger partial charge in [0.05, 0.1) is 4.83 Å². The summed E-state index contributed by atoms with van der Waals surface area (Å²) in [6, 6.07) is 5.47. The number of carbonyl (C=O) groups is 2. The number of rotatable bonds is 5. The number of hydrogen-bond donors (Lipinski definition) is 2. The summed E-state index contributed by atoms with van der Waals surface area (Å²) >= 11 is 3.31. The molecule has 1 aromatic carbocycles. The van der Waals surface area contributed by atoms with Crippen LogP contribution < -0.4 is 10.6 Å². The maximum absolute atomic E-state index is 11.8. The highest BCUT2D eigenvalue weighted by atomic mass is 79.9. The average molecular weight is 327 g/mol. The van der Waals surface area contributed by atoms with Gasteiger partial charge in [-0.3, -0.25) is 9.59 Å². The molecule has 2 N–H and O–H groups in total. The van der Waals surface area contributed by atoms with Crippen molar-refractivity contribution in [3.05, 3.63) is 23.8 Å². The van der Waals surface area contributed by atoms with Crippen LogP contribution in [0.3, 0.4) is 0 Å². The quantitative estimate of drug-likeness (QED) is 0.814. The Labute approximate surface area is 122 Å². The second kappa shape index (κ2) is 7.28. The largest absolute Gasteiger partial charge is 0.326 e. The van der Waals surface area contributed by atoms with E-state index in [9.17, 15) is 9.59 Å². The fourth-order valence-electron chi connectivity index (χ4n) is 1.48.